The van der Waals surface area contributed by atoms with Crippen LogP contribution in [0.3, 0.4) is 0 Å². The molecule has 1 aliphatic rings. The number of rotatable bonds is 6. The van der Waals surface area contributed by atoms with Crippen molar-refractivity contribution in [2.24, 2.45) is 11.8 Å². The molecule has 0 radical (unpaired) electrons. The number of esters is 1. The highest BCUT2D eigenvalue weighted by molar-refractivity contribution is 5.78. The highest BCUT2D eigenvalue weighted by atomic mass is 16.5. The maximum Gasteiger partial charge on any atom is 0.310 e. The van der Waals surface area contributed by atoms with E-state index in [-0.39, 0.29) is 17.9 Å². The van der Waals surface area contributed by atoms with Crippen LogP contribution in [-0.2, 0) is 27.3 Å². The molecule has 3 unspecified atom stereocenters. The van der Waals surface area contributed by atoms with Crippen LogP contribution in [0.5, 0.6) is 0 Å². The summed E-state index contributed by atoms with van der Waals surface area (Å²) in [5.74, 6) is -1.01. The number of methoxy groups -OCH3 is 1. The average molecular weight is 351 g/mol. The smallest absolute Gasteiger partial charge is 0.310 e. The molecule has 0 bridgehead atoms. The minimum absolute atomic E-state index is 0.0611. The summed E-state index contributed by atoms with van der Waals surface area (Å²) in [4.78, 5) is 26.5. The van der Waals surface area contributed by atoms with E-state index in [0.29, 0.717) is 6.42 Å². The zero-order valence-corrected chi connectivity index (χ0v) is 15.1. The summed E-state index contributed by atoms with van der Waals surface area (Å²) in [6, 6.07) is 20.3. The van der Waals surface area contributed by atoms with Gasteiger partial charge >= 0.3 is 5.97 Å². The van der Waals surface area contributed by atoms with Crippen molar-refractivity contribution in [2.45, 2.75) is 25.4 Å². The summed E-state index contributed by atoms with van der Waals surface area (Å²) >= 11 is 0. The van der Waals surface area contributed by atoms with Crippen molar-refractivity contribution < 1.29 is 14.3 Å². The van der Waals surface area contributed by atoms with Gasteiger partial charge in [0.2, 0.25) is 0 Å². The Morgan fingerprint density at radius 1 is 1.08 bits per heavy atom. The van der Waals surface area contributed by atoms with Gasteiger partial charge in [0.15, 0.2) is 0 Å². The quantitative estimate of drug-likeness (QED) is 0.593. The van der Waals surface area contributed by atoms with E-state index in [1.54, 1.807) is 0 Å². The number of likely N-dealkylation sites (tertiary alicyclic amines) is 1. The maximum atomic E-state index is 12.5. The van der Waals surface area contributed by atoms with Crippen LogP contribution < -0.4 is 0 Å². The molecule has 0 saturated carbocycles. The molecule has 3 rings (SSSR count). The monoisotopic (exact) mass is 351 g/mol. The van der Waals surface area contributed by atoms with Crippen molar-refractivity contribution >= 4 is 12.3 Å². The van der Waals surface area contributed by atoms with E-state index in [1.165, 1.54) is 12.7 Å². The second-order valence-electron chi connectivity index (χ2n) is 6.85. The van der Waals surface area contributed by atoms with Crippen molar-refractivity contribution in [3.63, 3.8) is 0 Å². The van der Waals surface area contributed by atoms with Crippen LogP contribution >= 0.6 is 0 Å². The molecule has 0 amide bonds. The van der Waals surface area contributed by atoms with E-state index in [0.717, 1.165) is 31.4 Å². The van der Waals surface area contributed by atoms with Gasteiger partial charge in [-0.1, -0.05) is 60.7 Å². The van der Waals surface area contributed by atoms with Crippen molar-refractivity contribution in [3.05, 3.63) is 71.8 Å². The topological polar surface area (TPSA) is 46.6 Å². The summed E-state index contributed by atoms with van der Waals surface area (Å²) in [6.45, 7) is 1.56. The zero-order chi connectivity index (χ0) is 18.4. The van der Waals surface area contributed by atoms with Crippen LogP contribution in [0.15, 0.2) is 60.7 Å². The fourth-order valence-corrected chi connectivity index (χ4v) is 3.92. The second-order valence-corrected chi connectivity index (χ2v) is 6.85. The molecule has 1 fully saturated rings. The average Bonchev–Trinajstić information content (AvgIpc) is 2.70. The molecule has 1 heterocycles. The van der Waals surface area contributed by atoms with Gasteiger partial charge in [-0.05, 0) is 30.5 Å². The predicted molar refractivity (Wildman–Crippen MR) is 100 cm³/mol. The molecule has 136 valence electrons. The van der Waals surface area contributed by atoms with E-state index in [2.05, 4.69) is 29.2 Å². The Balaban J connectivity index is 1.90. The second kappa shape index (κ2) is 8.77. The molecule has 3 atom stereocenters. The van der Waals surface area contributed by atoms with E-state index in [9.17, 15) is 9.59 Å². The van der Waals surface area contributed by atoms with Gasteiger partial charge in [0.25, 0.3) is 0 Å². The normalized spacial score (nSPS) is 23.3. The number of carbonyl (C=O) groups excluding carboxylic acids is 2. The summed E-state index contributed by atoms with van der Waals surface area (Å²) in [6.07, 6.45) is 2.33. The van der Waals surface area contributed by atoms with Gasteiger partial charge in [-0.2, -0.15) is 0 Å². The molecule has 0 N–H and O–H groups in total. The number of piperidine rings is 1. The molecule has 0 spiro atoms. The molecule has 1 saturated heterocycles. The molecule has 4 heteroatoms. The first-order chi connectivity index (χ1) is 12.7. The lowest BCUT2D eigenvalue weighted by molar-refractivity contribution is -0.154. The number of benzene rings is 2. The van der Waals surface area contributed by atoms with E-state index >= 15 is 0 Å². The summed E-state index contributed by atoms with van der Waals surface area (Å²) in [5, 5.41) is 0. The third-order valence-corrected chi connectivity index (χ3v) is 5.26. The van der Waals surface area contributed by atoms with Crippen LogP contribution in [0.4, 0.5) is 0 Å². The number of hydrogen-bond donors (Lipinski definition) is 0. The highest BCUT2D eigenvalue weighted by Crippen LogP contribution is 2.32. The standard InChI is InChI=1S/C22H25NO3/c1-26-22(25)21-19(16-24)12-13-23(15-18-10-6-3-7-11-18)20(21)14-17-8-4-2-5-9-17/h2-11,16,19-21H,12-15H2,1H3. The lowest BCUT2D eigenvalue weighted by Gasteiger charge is -2.43. The molecule has 26 heavy (non-hydrogen) atoms. The Kier molecular flexibility index (Phi) is 6.18. The van der Waals surface area contributed by atoms with Gasteiger partial charge in [0.1, 0.15) is 6.29 Å². The van der Waals surface area contributed by atoms with Crippen LogP contribution in [0.2, 0.25) is 0 Å². The highest BCUT2D eigenvalue weighted by Gasteiger charge is 2.42. The number of aldehydes is 1. The Bertz CT molecular complexity index is 717. The molecular weight excluding hydrogens is 326 g/mol. The molecule has 1 aliphatic heterocycles. The summed E-state index contributed by atoms with van der Waals surface area (Å²) in [7, 11) is 1.40. The molecule has 0 aromatic heterocycles. The maximum absolute atomic E-state index is 12.5. The first-order valence-corrected chi connectivity index (χ1v) is 9.08. The lowest BCUT2D eigenvalue weighted by Crippen LogP contribution is -2.53. The first-order valence-electron chi connectivity index (χ1n) is 9.08. The SMILES string of the molecule is COC(=O)C1C(C=O)CCN(Cc2ccccc2)C1Cc1ccccc1. The fourth-order valence-electron chi connectivity index (χ4n) is 3.92. The Hall–Kier alpha value is -2.46. The van der Waals surface area contributed by atoms with Gasteiger partial charge in [0, 0.05) is 18.5 Å². The Morgan fingerprint density at radius 2 is 1.69 bits per heavy atom. The van der Waals surface area contributed by atoms with E-state index < -0.39 is 5.92 Å². The largest absolute Gasteiger partial charge is 0.469 e. The predicted octanol–water partition coefficient (Wildman–Crippen LogP) is 3.11. The van der Waals surface area contributed by atoms with E-state index in [4.69, 9.17) is 4.74 Å². The van der Waals surface area contributed by atoms with Crippen LogP contribution in [0, 0.1) is 11.8 Å². The van der Waals surface area contributed by atoms with Gasteiger partial charge in [-0.15, -0.1) is 0 Å². The number of nitrogens with zero attached hydrogens (tertiary/aromatic N) is 1. The summed E-state index contributed by atoms with van der Waals surface area (Å²) < 4.78 is 5.06. The molecule has 2 aromatic rings. The van der Waals surface area contributed by atoms with Crippen molar-refractivity contribution in [1.29, 1.82) is 0 Å². The molecule has 2 aromatic carbocycles. The van der Waals surface area contributed by atoms with Gasteiger partial charge in [-0.25, -0.2) is 0 Å². The minimum Gasteiger partial charge on any atom is -0.469 e. The third kappa shape index (κ3) is 4.20. The Morgan fingerprint density at radius 3 is 2.27 bits per heavy atom. The minimum atomic E-state index is -0.435. The number of ether oxygens (including phenoxy) is 1. The first kappa shape index (κ1) is 18.3. The number of hydrogen-bond acceptors (Lipinski definition) is 4. The van der Waals surface area contributed by atoms with Crippen molar-refractivity contribution in [2.75, 3.05) is 13.7 Å². The fraction of sp³-hybridized carbons (Fsp3) is 0.364. The lowest BCUT2D eigenvalue weighted by atomic mass is 9.77. The molecular formula is C22H25NO3. The Labute approximate surface area is 154 Å². The van der Waals surface area contributed by atoms with Crippen LogP contribution in [0.1, 0.15) is 17.5 Å². The zero-order valence-electron chi connectivity index (χ0n) is 15.1. The van der Waals surface area contributed by atoms with Crippen LogP contribution in [-0.4, -0.2) is 36.9 Å². The van der Waals surface area contributed by atoms with Crippen LogP contribution in [0.25, 0.3) is 0 Å². The van der Waals surface area contributed by atoms with Gasteiger partial charge < -0.3 is 9.53 Å². The van der Waals surface area contributed by atoms with Gasteiger partial charge in [-0.3, -0.25) is 9.69 Å². The van der Waals surface area contributed by atoms with E-state index in [1.807, 2.05) is 36.4 Å². The van der Waals surface area contributed by atoms with Crippen molar-refractivity contribution in [3.8, 4) is 0 Å². The van der Waals surface area contributed by atoms with Crippen molar-refractivity contribution in [1.82, 2.24) is 4.90 Å². The van der Waals surface area contributed by atoms with Gasteiger partial charge in [0.05, 0.1) is 13.0 Å². The molecule has 0 aliphatic carbocycles. The summed E-state index contributed by atoms with van der Waals surface area (Å²) in [5.41, 5.74) is 2.37. The number of carbonyl (C=O) groups is 2. The third-order valence-electron chi connectivity index (χ3n) is 5.26. The molecule has 4 nitrogen and oxygen atoms in total.